The minimum atomic E-state index is -0.459. The highest BCUT2D eigenvalue weighted by Gasteiger charge is 2.05. The lowest BCUT2D eigenvalue weighted by Crippen LogP contribution is -1.97. The topological polar surface area (TPSA) is 52.4 Å². The minimum absolute atomic E-state index is 0.0288. The van der Waals surface area contributed by atoms with Gasteiger partial charge in [0, 0.05) is 23.5 Å². The first-order valence-corrected chi connectivity index (χ1v) is 6.92. The molecule has 4 nitrogen and oxygen atoms in total. The van der Waals surface area contributed by atoms with Crippen molar-refractivity contribution in [3.63, 3.8) is 0 Å². The Morgan fingerprint density at radius 2 is 1.85 bits per heavy atom. The first-order valence-electron chi connectivity index (χ1n) is 5.80. The van der Waals surface area contributed by atoms with Gasteiger partial charge in [-0.25, -0.2) is 4.39 Å². The van der Waals surface area contributed by atoms with Crippen molar-refractivity contribution in [2.75, 3.05) is 0 Å². The summed E-state index contributed by atoms with van der Waals surface area (Å²) >= 11 is 3.26. The molecule has 0 aliphatic heterocycles. The molecule has 2 aromatic carbocycles. The number of benzene rings is 2. The summed E-state index contributed by atoms with van der Waals surface area (Å²) in [5.41, 5.74) is 1.59. The summed E-state index contributed by atoms with van der Waals surface area (Å²) in [6.07, 6.45) is 0. The van der Waals surface area contributed by atoms with Crippen LogP contribution in [-0.2, 0) is 11.9 Å². The van der Waals surface area contributed by atoms with Gasteiger partial charge in [0.25, 0.3) is 5.69 Å². The first kappa shape index (κ1) is 14.5. The predicted molar refractivity (Wildman–Crippen MR) is 76.5 cm³/mol. The maximum atomic E-state index is 13.3. The van der Waals surface area contributed by atoms with Crippen molar-refractivity contribution in [2.24, 2.45) is 0 Å². The molecule has 104 valence electrons. The van der Waals surface area contributed by atoms with Crippen molar-refractivity contribution in [1.82, 2.24) is 0 Å². The molecular weight excluding hydrogens is 329 g/mol. The van der Waals surface area contributed by atoms with Crippen LogP contribution in [0.2, 0.25) is 0 Å². The van der Waals surface area contributed by atoms with E-state index in [9.17, 15) is 14.5 Å². The summed E-state index contributed by atoms with van der Waals surface area (Å²) in [6.45, 7) is 0.225. The number of non-ortho nitro benzene ring substituents is 1. The molecular formula is C14H11BrFNO3. The summed E-state index contributed by atoms with van der Waals surface area (Å²) in [6, 6.07) is 10.5. The average Bonchev–Trinajstić information content (AvgIpc) is 2.45. The molecule has 0 aromatic heterocycles. The fraction of sp³-hybridized carbons (Fsp3) is 0.143. The maximum Gasteiger partial charge on any atom is 0.269 e. The number of hydrogen-bond donors (Lipinski definition) is 0. The normalized spacial score (nSPS) is 10.3. The van der Waals surface area contributed by atoms with Crippen LogP contribution in [0, 0.1) is 15.9 Å². The zero-order chi connectivity index (χ0) is 14.5. The third-order valence-corrected chi connectivity index (χ3v) is 3.29. The van der Waals surface area contributed by atoms with Crippen LogP contribution in [0.25, 0.3) is 0 Å². The quantitative estimate of drug-likeness (QED) is 0.465. The van der Waals surface area contributed by atoms with Crippen molar-refractivity contribution >= 4 is 21.6 Å². The van der Waals surface area contributed by atoms with Crippen LogP contribution in [0.4, 0.5) is 10.1 Å². The number of ether oxygens (including phenoxy) is 1. The van der Waals surface area contributed by atoms with E-state index in [1.165, 1.54) is 24.3 Å². The predicted octanol–water partition coefficient (Wildman–Crippen LogP) is 4.21. The molecule has 0 spiro atoms. The van der Waals surface area contributed by atoms with E-state index in [1.807, 2.05) is 0 Å². The molecule has 0 atom stereocenters. The summed E-state index contributed by atoms with van der Waals surface area (Å²) in [5, 5.41) is 11.1. The van der Waals surface area contributed by atoms with Crippen molar-refractivity contribution in [1.29, 1.82) is 0 Å². The molecule has 0 radical (unpaired) electrons. The molecule has 0 fully saturated rings. The second-order valence-electron chi connectivity index (χ2n) is 4.14. The van der Waals surface area contributed by atoms with Gasteiger partial charge in [0.15, 0.2) is 0 Å². The number of nitro benzene ring substituents is 1. The Kier molecular flexibility index (Phi) is 4.68. The number of nitrogens with zero attached hydrogens (tertiary/aromatic N) is 1. The standard InChI is InChI=1S/C14H11BrFNO3/c15-8-11-5-12(16)7-14(6-11)20-9-10-1-3-13(4-2-10)17(18)19/h1-7H,8-9H2. The van der Waals surface area contributed by atoms with Crippen LogP contribution in [0.1, 0.15) is 11.1 Å². The molecule has 0 aliphatic rings. The van der Waals surface area contributed by atoms with Crippen molar-refractivity contribution < 1.29 is 14.1 Å². The highest BCUT2D eigenvalue weighted by Crippen LogP contribution is 2.20. The lowest BCUT2D eigenvalue weighted by atomic mass is 10.2. The highest BCUT2D eigenvalue weighted by molar-refractivity contribution is 9.08. The van der Waals surface area contributed by atoms with E-state index in [-0.39, 0.29) is 18.1 Å². The van der Waals surface area contributed by atoms with Gasteiger partial charge >= 0.3 is 0 Å². The van der Waals surface area contributed by atoms with E-state index >= 15 is 0 Å². The summed E-state index contributed by atoms with van der Waals surface area (Å²) in [7, 11) is 0. The third-order valence-electron chi connectivity index (χ3n) is 2.64. The largest absolute Gasteiger partial charge is 0.489 e. The molecule has 6 heteroatoms. The first-order chi connectivity index (χ1) is 9.58. The molecule has 0 bridgehead atoms. The van der Waals surface area contributed by atoms with Crippen LogP contribution in [0.5, 0.6) is 5.75 Å². The van der Waals surface area contributed by atoms with E-state index in [0.29, 0.717) is 11.1 Å². The molecule has 2 aromatic rings. The van der Waals surface area contributed by atoms with Crippen LogP contribution in [-0.4, -0.2) is 4.92 Å². The number of halogens is 2. The van der Waals surface area contributed by atoms with E-state index in [2.05, 4.69) is 15.9 Å². The zero-order valence-corrected chi connectivity index (χ0v) is 12.0. The number of nitro groups is 1. The van der Waals surface area contributed by atoms with E-state index in [1.54, 1.807) is 18.2 Å². The zero-order valence-electron chi connectivity index (χ0n) is 10.4. The van der Waals surface area contributed by atoms with E-state index in [0.717, 1.165) is 11.1 Å². The lowest BCUT2D eigenvalue weighted by molar-refractivity contribution is -0.384. The second kappa shape index (κ2) is 6.47. The molecule has 0 heterocycles. The maximum absolute atomic E-state index is 13.3. The van der Waals surface area contributed by atoms with E-state index < -0.39 is 4.92 Å². The number of hydrogen-bond acceptors (Lipinski definition) is 3. The molecule has 0 saturated heterocycles. The Morgan fingerprint density at radius 3 is 2.45 bits per heavy atom. The molecule has 0 N–H and O–H groups in total. The number of alkyl halides is 1. The van der Waals surface area contributed by atoms with Crippen LogP contribution < -0.4 is 4.74 Å². The molecule has 0 saturated carbocycles. The van der Waals surface area contributed by atoms with Gasteiger partial charge in [-0.2, -0.15) is 0 Å². The Balaban J connectivity index is 2.04. The summed E-state index contributed by atoms with van der Waals surface area (Å²) in [5.74, 6) is 0.0680. The lowest BCUT2D eigenvalue weighted by Gasteiger charge is -2.08. The van der Waals surface area contributed by atoms with Crippen LogP contribution in [0.3, 0.4) is 0 Å². The Morgan fingerprint density at radius 1 is 1.15 bits per heavy atom. The van der Waals surface area contributed by atoms with Gasteiger partial charge in [-0.15, -0.1) is 0 Å². The highest BCUT2D eigenvalue weighted by atomic mass is 79.9. The fourth-order valence-corrected chi connectivity index (χ4v) is 1.99. The van der Waals surface area contributed by atoms with Crippen molar-refractivity contribution in [3.05, 3.63) is 69.5 Å². The molecule has 0 unspecified atom stereocenters. The number of rotatable bonds is 5. The Hall–Kier alpha value is -1.95. The Labute approximate surface area is 123 Å². The van der Waals surface area contributed by atoms with Gasteiger partial charge in [-0.1, -0.05) is 15.9 Å². The third kappa shape index (κ3) is 3.77. The SMILES string of the molecule is O=[N+]([O-])c1ccc(COc2cc(F)cc(CBr)c2)cc1. The van der Waals surface area contributed by atoms with Gasteiger partial charge in [0.1, 0.15) is 18.2 Å². The monoisotopic (exact) mass is 339 g/mol. The summed E-state index contributed by atoms with van der Waals surface area (Å²) in [4.78, 5) is 10.1. The molecule has 2 rings (SSSR count). The fourth-order valence-electron chi connectivity index (χ4n) is 1.66. The van der Waals surface area contributed by atoms with Gasteiger partial charge in [-0.05, 0) is 35.4 Å². The smallest absolute Gasteiger partial charge is 0.269 e. The van der Waals surface area contributed by atoms with Gasteiger partial charge < -0.3 is 4.74 Å². The van der Waals surface area contributed by atoms with Gasteiger partial charge in [-0.3, -0.25) is 10.1 Å². The summed E-state index contributed by atoms with van der Waals surface area (Å²) < 4.78 is 18.8. The molecule has 0 amide bonds. The van der Waals surface area contributed by atoms with E-state index in [4.69, 9.17) is 4.74 Å². The second-order valence-corrected chi connectivity index (χ2v) is 4.70. The van der Waals surface area contributed by atoms with Gasteiger partial charge in [0.2, 0.25) is 0 Å². The van der Waals surface area contributed by atoms with Crippen molar-refractivity contribution in [3.8, 4) is 5.75 Å². The molecule has 0 aliphatic carbocycles. The van der Waals surface area contributed by atoms with Gasteiger partial charge in [0.05, 0.1) is 4.92 Å². The minimum Gasteiger partial charge on any atom is -0.489 e. The van der Waals surface area contributed by atoms with Crippen LogP contribution in [0.15, 0.2) is 42.5 Å². The molecule has 20 heavy (non-hydrogen) atoms. The van der Waals surface area contributed by atoms with Crippen molar-refractivity contribution in [2.45, 2.75) is 11.9 Å². The Bertz CT molecular complexity index is 616. The average molecular weight is 340 g/mol. The van der Waals surface area contributed by atoms with Crippen LogP contribution >= 0.6 is 15.9 Å².